The highest BCUT2D eigenvalue weighted by Gasteiger charge is 2.21. The van der Waals surface area contributed by atoms with E-state index in [9.17, 15) is 0 Å². The van der Waals surface area contributed by atoms with Gasteiger partial charge in [-0.05, 0) is 83.4 Å². The van der Waals surface area contributed by atoms with Gasteiger partial charge in [0.25, 0.3) is 0 Å². The van der Waals surface area contributed by atoms with Crippen molar-refractivity contribution in [1.29, 1.82) is 0 Å². The molecule has 6 heteroatoms. The Morgan fingerprint density at radius 1 is 0.966 bits per heavy atom. The van der Waals surface area contributed by atoms with Crippen LogP contribution in [-0.2, 0) is 6.42 Å². The van der Waals surface area contributed by atoms with Gasteiger partial charge < -0.3 is 10.6 Å². The van der Waals surface area contributed by atoms with Crippen molar-refractivity contribution in [1.82, 2.24) is 31.3 Å². The first-order chi connectivity index (χ1) is 14.3. The molecule has 29 heavy (non-hydrogen) atoms. The normalized spacial score (nSPS) is 18.0. The van der Waals surface area contributed by atoms with Gasteiger partial charge in [0.2, 0.25) is 0 Å². The summed E-state index contributed by atoms with van der Waals surface area (Å²) in [6.07, 6.45) is 3.62. The van der Waals surface area contributed by atoms with Gasteiger partial charge in [0.05, 0.1) is 0 Å². The molecule has 0 atom stereocenters. The number of nitrogens with zero attached hydrogens (tertiary/aromatic N) is 3. The van der Waals surface area contributed by atoms with Gasteiger partial charge in [0.1, 0.15) is 0 Å². The van der Waals surface area contributed by atoms with Crippen LogP contribution in [0, 0.1) is 12.8 Å². The maximum atomic E-state index is 4.25. The lowest BCUT2D eigenvalue weighted by atomic mass is 9.85. The summed E-state index contributed by atoms with van der Waals surface area (Å²) in [5, 5.41) is 21.7. The summed E-state index contributed by atoms with van der Waals surface area (Å²) in [6, 6.07) is 13.6. The fraction of sp³-hybridized carbons (Fsp3) is 0.435. The third-order valence-corrected chi connectivity index (χ3v) is 6.60. The summed E-state index contributed by atoms with van der Waals surface area (Å²) in [7, 11) is 0. The number of rotatable bonds is 5. The van der Waals surface area contributed by atoms with Crippen LogP contribution in [0.4, 0.5) is 0 Å². The largest absolute Gasteiger partial charge is 0.317 e. The third kappa shape index (κ3) is 3.70. The predicted molar refractivity (Wildman–Crippen MR) is 115 cm³/mol. The Bertz CT molecular complexity index is 954. The van der Waals surface area contributed by atoms with Gasteiger partial charge in [-0.25, -0.2) is 5.10 Å². The van der Waals surface area contributed by atoms with Gasteiger partial charge >= 0.3 is 0 Å². The minimum atomic E-state index is 0.649. The molecule has 0 spiro atoms. The minimum absolute atomic E-state index is 0.649. The molecule has 2 aliphatic rings. The molecule has 0 radical (unpaired) electrons. The third-order valence-electron chi connectivity index (χ3n) is 6.60. The van der Waals surface area contributed by atoms with Crippen molar-refractivity contribution in [2.24, 2.45) is 5.92 Å². The smallest absolute Gasteiger partial charge is 0.180 e. The van der Waals surface area contributed by atoms with Gasteiger partial charge in [-0.2, -0.15) is 0 Å². The summed E-state index contributed by atoms with van der Waals surface area (Å²) in [6.45, 7) is 6.64. The Kier molecular flexibility index (Phi) is 5.12. The molecule has 2 saturated heterocycles. The predicted octanol–water partition coefficient (Wildman–Crippen LogP) is 3.07. The molecule has 3 N–H and O–H groups in total. The van der Waals surface area contributed by atoms with E-state index in [4.69, 9.17) is 0 Å². The molecule has 2 aliphatic heterocycles. The maximum Gasteiger partial charge on any atom is 0.180 e. The number of benzene rings is 2. The second kappa shape index (κ2) is 8.05. The lowest BCUT2D eigenvalue weighted by Gasteiger charge is -2.27. The van der Waals surface area contributed by atoms with Crippen LogP contribution in [0.15, 0.2) is 36.4 Å². The Morgan fingerprint density at radius 2 is 1.76 bits per heavy atom. The number of nitrogens with one attached hydrogen (secondary N) is 3. The van der Waals surface area contributed by atoms with E-state index in [1.54, 1.807) is 0 Å². The number of piperidine rings is 1. The zero-order valence-corrected chi connectivity index (χ0v) is 16.9. The monoisotopic (exact) mass is 388 g/mol. The zero-order chi connectivity index (χ0) is 19.6. The van der Waals surface area contributed by atoms with Crippen LogP contribution in [-0.4, -0.2) is 46.8 Å². The lowest BCUT2D eigenvalue weighted by Crippen LogP contribution is -2.39. The zero-order valence-electron chi connectivity index (χ0n) is 16.9. The molecule has 3 aromatic rings. The summed E-state index contributed by atoms with van der Waals surface area (Å²) < 4.78 is 0. The molecule has 0 amide bonds. The number of hydrogen-bond acceptors (Lipinski definition) is 5. The highest BCUT2D eigenvalue weighted by atomic mass is 15.5. The van der Waals surface area contributed by atoms with Gasteiger partial charge in [0.15, 0.2) is 5.82 Å². The van der Waals surface area contributed by atoms with Gasteiger partial charge in [0, 0.05) is 24.6 Å². The first kappa shape index (κ1) is 18.5. The molecule has 150 valence electrons. The lowest BCUT2D eigenvalue weighted by molar-refractivity contribution is 0.372. The number of hydrogen-bond donors (Lipinski definition) is 3. The molecule has 6 nitrogen and oxygen atoms in total. The minimum Gasteiger partial charge on any atom is -0.317 e. The molecular formula is C23H28N6. The van der Waals surface area contributed by atoms with E-state index in [-0.39, 0.29) is 0 Å². The second-order valence-corrected chi connectivity index (χ2v) is 8.40. The van der Waals surface area contributed by atoms with Crippen LogP contribution >= 0.6 is 0 Å². The number of H-pyrrole nitrogens is 1. The molecular weight excluding hydrogens is 360 g/mol. The van der Waals surface area contributed by atoms with Crippen molar-refractivity contribution >= 4 is 0 Å². The second-order valence-electron chi connectivity index (χ2n) is 8.40. The van der Waals surface area contributed by atoms with Crippen molar-refractivity contribution < 1.29 is 0 Å². The van der Waals surface area contributed by atoms with Crippen LogP contribution in [0.2, 0.25) is 0 Å². The van der Waals surface area contributed by atoms with Crippen LogP contribution < -0.4 is 10.6 Å². The van der Waals surface area contributed by atoms with Crippen LogP contribution in [0.5, 0.6) is 0 Å². The van der Waals surface area contributed by atoms with Crippen LogP contribution in [0.1, 0.15) is 35.4 Å². The Hall–Kier alpha value is -2.57. The van der Waals surface area contributed by atoms with E-state index in [1.807, 2.05) is 0 Å². The molecule has 5 rings (SSSR count). The average molecular weight is 389 g/mol. The van der Waals surface area contributed by atoms with Crippen LogP contribution in [0.25, 0.3) is 22.5 Å². The van der Waals surface area contributed by atoms with Crippen LogP contribution in [0.3, 0.4) is 0 Å². The van der Waals surface area contributed by atoms with E-state index in [0.29, 0.717) is 5.92 Å². The molecule has 0 unspecified atom stereocenters. The van der Waals surface area contributed by atoms with Crippen molar-refractivity contribution in [2.45, 2.75) is 32.1 Å². The van der Waals surface area contributed by atoms with Gasteiger partial charge in [-0.1, -0.05) is 36.4 Å². The maximum absolute atomic E-state index is 4.25. The van der Waals surface area contributed by atoms with Crippen molar-refractivity contribution in [2.75, 3.05) is 26.2 Å². The van der Waals surface area contributed by atoms with E-state index in [1.165, 1.54) is 40.7 Å². The van der Waals surface area contributed by atoms with Crippen molar-refractivity contribution in [3.05, 3.63) is 53.1 Å². The number of aromatic nitrogens is 4. The first-order valence-corrected chi connectivity index (χ1v) is 10.7. The number of aromatic amines is 1. The van der Waals surface area contributed by atoms with E-state index < -0.39 is 0 Å². The van der Waals surface area contributed by atoms with Gasteiger partial charge in [-0.15, -0.1) is 5.10 Å². The first-order valence-electron chi connectivity index (χ1n) is 10.7. The Labute approximate surface area is 171 Å². The molecule has 0 saturated carbocycles. The molecule has 1 aromatic heterocycles. The molecule has 0 aliphatic carbocycles. The Balaban J connectivity index is 1.51. The molecule has 3 heterocycles. The highest BCUT2D eigenvalue weighted by molar-refractivity contribution is 5.83. The summed E-state index contributed by atoms with van der Waals surface area (Å²) in [5.41, 5.74) is 7.63. The molecule has 0 bridgehead atoms. The van der Waals surface area contributed by atoms with E-state index in [2.05, 4.69) is 74.6 Å². The topological polar surface area (TPSA) is 78.5 Å². The quantitative estimate of drug-likeness (QED) is 0.626. The summed E-state index contributed by atoms with van der Waals surface area (Å²) in [5.74, 6) is 2.14. The van der Waals surface area contributed by atoms with Crippen molar-refractivity contribution in [3.63, 3.8) is 0 Å². The van der Waals surface area contributed by atoms with Crippen molar-refractivity contribution in [3.8, 4) is 22.5 Å². The highest BCUT2D eigenvalue weighted by Crippen LogP contribution is 2.36. The fourth-order valence-electron chi connectivity index (χ4n) is 4.64. The van der Waals surface area contributed by atoms with E-state index >= 15 is 0 Å². The summed E-state index contributed by atoms with van der Waals surface area (Å²) >= 11 is 0. The SMILES string of the molecule is Cc1c(CC2CCNCC2)ccc(-c2ccc(C3CNC3)cc2)c1-c1nnn[nH]1. The van der Waals surface area contributed by atoms with Gasteiger partial charge in [-0.3, -0.25) is 0 Å². The number of tetrazole rings is 1. The van der Waals surface area contributed by atoms with E-state index in [0.717, 1.165) is 49.9 Å². The fourth-order valence-corrected chi connectivity index (χ4v) is 4.64. The molecule has 2 fully saturated rings. The Morgan fingerprint density at radius 3 is 2.41 bits per heavy atom. The molecule has 2 aromatic carbocycles. The summed E-state index contributed by atoms with van der Waals surface area (Å²) in [4.78, 5) is 0. The average Bonchev–Trinajstić information content (AvgIpc) is 3.24. The standard InChI is InChI=1S/C23H28N6/c1-15-19(12-16-8-10-24-11-9-16)6-7-21(22(15)23-26-28-29-27-23)18-4-2-17(3-5-18)20-13-25-14-20/h2-7,16,20,24-25H,8-14H2,1H3,(H,26,27,28,29).